The first-order valence-corrected chi connectivity index (χ1v) is 3.90. The van der Waals surface area contributed by atoms with Gasteiger partial charge < -0.3 is 4.74 Å². The fraction of sp³-hybridized carbons (Fsp3) is 0.400. The van der Waals surface area contributed by atoms with Crippen LogP contribution in [0.15, 0.2) is 12.2 Å². The van der Waals surface area contributed by atoms with E-state index in [0.717, 1.165) is 0 Å². The molecular formula is C5H8O4P+. The van der Waals surface area contributed by atoms with Gasteiger partial charge in [0.1, 0.15) is 0 Å². The molecule has 0 radical (unpaired) electrons. The van der Waals surface area contributed by atoms with Crippen molar-refractivity contribution in [3.05, 3.63) is 12.2 Å². The van der Waals surface area contributed by atoms with E-state index >= 15 is 0 Å². The van der Waals surface area contributed by atoms with Crippen molar-refractivity contribution >= 4 is 14.0 Å². The molecule has 0 saturated carbocycles. The minimum absolute atomic E-state index is 0.219. The van der Waals surface area contributed by atoms with E-state index in [1.807, 2.05) is 0 Å². The van der Waals surface area contributed by atoms with E-state index in [9.17, 15) is 9.36 Å². The summed E-state index contributed by atoms with van der Waals surface area (Å²) in [6.07, 6.45) is -0.457. The van der Waals surface area contributed by atoms with Gasteiger partial charge in [0.2, 0.25) is 0 Å². The molecule has 1 unspecified atom stereocenters. The molecule has 0 bridgehead atoms. The van der Waals surface area contributed by atoms with E-state index < -0.39 is 20.3 Å². The van der Waals surface area contributed by atoms with E-state index in [2.05, 4.69) is 11.3 Å². The maximum absolute atomic E-state index is 10.5. The standard InChI is InChI=1S/C5H7O4P/c1-4(2)5(6)9-3-10(7)8/h1,3H2,2H3/p+1. The van der Waals surface area contributed by atoms with Crippen LogP contribution < -0.4 is 0 Å². The van der Waals surface area contributed by atoms with Crippen LogP contribution in [0.4, 0.5) is 0 Å². The van der Waals surface area contributed by atoms with Gasteiger partial charge in [-0.3, -0.25) is 0 Å². The summed E-state index contributed by atoms with van der Waals surface area (Å²) in [5.41, 5.74) is 0.219. The molecule has 1 N–H and O–H groups in total. The van der Waals surface area contributed by atoms with Gasteiger partial charge in [0.05, 0.1) is 0 Å². The number of carbonyl (C=O) groups is 1. The monoisotopic (exact) mass is 163 g/mol. The Morgan fingerprint density at radius 1 is 1.80 bits per heavy atom. The minimum Gasteiger partial charge on any atom is -0.412 e. The normalized spacial score (nSPS) is 10.4. The van der Waals surface area contributed by atoms with Crippen molar-refractivity contribution in [3.8, 4) is 0 Å². The molecule has 1 atom stereocenters. The van der Waals surface area contributed by atoms with Crippen LogP contribution in [0.2, 0.25) is 0 Å². The molecule has 0 aliphatic rings. The largest absolute Gasteiger partial charge is 0.547 e. The van der Waals surface area contributed by atoms with Crippen LogP contribution in [0.25, 0.3) is 0 Å². The molecule has 4 nitrogen and oxygen atoms in total. The summed E-state index contributed by atoms with van der Waals surface area (Å²) in [7, 11) is -2.39. The average Bonchev–Trinajstić information content (AvgIpc) is 1.82. The maximum Gasteiger partial charge on any atom is 0.547 e. The Balaban J connectivity index is 3.60. The third kappa shape index (κ3) is 4.18. The van der Waals surface area contributed by atoms with Crippen molar-refractivity contribution in [2.45, 2.75) is 6.92 Å². The van der Waals surface area contributed by atoms with Gasteiger partial charge in [-0.15, -0.1) is 0 Å². The number of carbonyl (C=O) groups excluding carboxylic acids is 1. The molecule has 0 aromatic rings. The first kappa shape index (κ1) is 9.27. The Bertz CT molecular complexity index is 174. The molecule has 0 heterocycles. The first-order valence-electron chi connectivity index (χ1n) is 2.50. The molecule has 0 fully saturated rings. The summed E-state index contributed by atoms with van der Waals surface area (Å²) >= 11 is 0. The molecule has 0 amide bonds. The van der Waals surface area contributed by atoms with Crippen LogP contribution in [0.3, 0.4) is 0 Å². The zero-order chi connectivity index (χ0) is 8.15. The Hall–Kier alpha value is -0.730. The molecule has 0 aromatic carbocycles. The Kier molecular flexibility index (Phi) is 3.84. The van der Waals surface area contributed by atoms with Gasteiger partial charge in [-0.1, -0.05) is 6.58 Å². The van der Waals surface area contributed by atoms with Crippen LogP contribution in [-0.4, -0.2) is 17.2 Å². The van der Waals surface area contributed by atoms with Gasteiger partial charge in [0, 0.05) is 5.57 Å². The molecule has 10 heavy (non-hydrogen) atoms. The van der Waals surface area contributed by atoms with E-state index in [1.165, 1.54) is 6.92 Å². The summed E-state index contributed by atoms with van der Waals surface area (Å²) in [6.45, 7) is 4.75. The first-order chi connectivity index (χ1) is 4.54. The van der Waals surface area contributed by atoms with Crippen LogP contribution in [-0.2, 0) is 14.1 Å². The fourth-order valence-corrected chi connectivity index (χ4v) is 0.465. The SMILES string of the molecule is C=C(C)C(=O)OC[P+](=O)O. The van der Waals surface area contributed by atoms with Crippen LogP contribution in [0.5, 0.6) is 0 Å². The predicted molar refractivity (Wildman–Crippen MR) is 35.6 cm³/mol. The minimum atomic E-state index is -2.39. The molecule has 0 aromatic heterocycles. The zero-order valence-corrected chi connectivity index (χ0v) is 6.43. The number of rotatable bonds is 3. The second kappa shape index (κ2) is 4.14. The van der Waals surface area contributed by atoms with Gasteiger partial charge >= 0.3 is 20.3 Å². The molecule has 56 valence electrons. The van der Waals surface area contributed by atoms with Crippen LogP contribution in [0.1, 0.15) is 6.92 Å². The highest BCUT2D eigenvalue weighted by molar-refractivity contribution is 7.37. The maximum atomic E-state index is 10.5. The lowest BCUT2D eigenvalue weighted by Crippen LogP contribution is -2.03. The third-order valence-electron chi connectivity index (χ3n) is 0.655. The zero-order valence-electron chi connectivity index (χ0n) is 5.53. The van der Waals surface area contributed by atoms with Crippen molar-refractivity contribution in [2.75, 3.05) is 6.35 Å². The number of esters is 1. The highest BCUT2D eigenvalue weighted by Gasteiger charge is 2.13. The molecule has 5 heteroatoms. The van der Waals surface area contributed by atoms with Gasteiger partial charge in [0.25, 0.3) is 0 Å². The molecule has 0 rings (SSSR count). The Labute approximate surface area is 59.4 Å². The highest BCUT2D eigenvalue weighted by atomic mass is 31.1. The van der Waals surface area contributed by atoms with Crippen molar-refractivity contribution in [3.63, 3.8) is 0 Å². The van der Waals surface area contributed by atoms with Crippen molar-refractivity contribution in [2.24, 2.45) is 0 Å². The predicted octanol–water partition coefficient (Wildman–Crippen LogP) is 0.798. The summed E-state index contributed by atoms with van der Waals surface area (Å²) in [5, 5.41) is 0. The number of hydrogen-bond donors (Lipinski definition) is 1. The van der Waals surface area contributed by atoms with Gasteiger partial charge in [0.15, 0.2) is 0 Å². The topological polar surface area (TPSA) is 63.6 Å². The lowest BCUT2D eigenvalue weighted by molar-refractivity contribution is -0.137. The molecule has 0 spiro atoms. The smallest absolute Gasteiger partial charge is 0.412 e. The molecule has 0 saturated heterocycles. The molecule has 0 aliphatic carbocycles. The van der Waals surface area contributed by atoms with E-state index in [-0.39, 0.29) is 5.57 Å². The number of hydrogen-bond acceptors (Lipinski definition) is 3. The second-order valence-corrected chi connectivity index (χ2v) is 2.66. The second-order valence-electron chi connectivity index (χ2n) is 1.69. The fourth-order valence-electron chi connectivity index (χ4n) is 0.237. The van der Waals surface area contributed by atoms with Crippen molar-refractivity contribution < 1.29 is 19.0 Å². The van der Waals surface area contributed by atoms with Crippen molar-refractivity contribution in [1.29, 1.82) is 0 Å². The lowest BCUT2D eigenvalue weighted by atomic mass is 10.4. The summed E-state index contributed by atoms with van der Waals surface area (Å²) in [5.74, 6) is -0.641. The summed E-state index contributed by atoms with van der Waals surface area (Å²) in [6, 6.07) is 0. The van der Waals surface area contributed by atoms with E-state index in [4.69, 9.17) is 4.89 Å². The lowest BCUT2D eigenvalue weighted by Gasteiger charge is -1.93. The molecular weight excluding hydrogens is 155 g/mol. The van der Waals surface area contributed by atoms with E-state index in [0.29, 0.717) is 0 Å². The quantitative estimate of drug-likeness (QED) is 0.379. The van der Waals surface area contributed by atoms with Crippen LogP contribution in [0, 0.1) is 0 Å². The summed E-state index contributed by atoms with van der Waals surface area (Å²) in [4.78, 5) is 18.7. The summed E-state index contributed by atoms with van der Waals surface area (Å²) < 4.78 is 14.3. The Morgan fingerprint density at radius 2 is 2.30 bits per heavy atom. The molecule has 0 aliphatic heterocycles. The highest BCUT2D eigenvalue weighted by Crippen LogP contribution is 2.12. The van der Waals surface area contributed by atoms with Gasteiger partial charge in [-0.05, 0) is 11.5 Å². The Morgan fingerprint density at radius 3 is 2.60 bits per heavy atom. The average molecular weight is 163 g/mol. The number of ether oxygens (including phenoxy) is 1. The van der Waals surface area contributed by atoms with Crippen LogP contribution >= 0.6 is 8.03 Å². The van der Waals surface area contributed by atoms with Gasteiger partial charge in [-0.25, -0.2) is 4.79 Å². The van der Waals surface area contributed by atoms with Crippen molar-refractivity contribution in [1.82, 2.24) is 0 Å². The third-order valence-corrected chi connectivity index (χ3v) is 1.00. The van der Waals surface area contributed by atoms with E-state index in [1.54, 1.807) is 0 Å². The van der Waals surface area contributed by atoms with Gasteiger partial charge in [-0.2, -0.15) is 4.89 Å².